The summed E-state index contributed by atoms with van der Waals surface area (Å²) in [4.78, 5) is 12.5. The Bertz CT molecular complexity index is 992. The maximum absolute atomic E-state index is 13.7. The van der Waals surface area contributed by atoms with E-state index in [0.717, 1.165) is 16.4 Å². The molecule has 0 spiro atoms. The second-order valence-electron chi connectivity index (χ2n) is 5.90. The minimum absolute atomic E-state index is 0.0136. The van der Waals surface area contributed by atoms with Gasteiger partial charge >= 0.3 is 0 Å². The van der Waals surface area contributed by atoms with Crippen LogP contribution in [0.4, 0.5) is 10.1 Å². The predicted octanol–water partition coefficient (Wildman–Crippen LogP) is 4.25. The van der Waals surface area contributed by atoms with Gasteiger partial charge in [0.15, 0.2) is 0 Å². The fraction of sp³-hybridized carbons (Fsp3) is 0.235. The van der Waals surface area contributed by atoms with Gasteiger partial charge < -0.3 is 5.32 Å². The summed E-state index contributed by atoms with van der Waals surface area (Å²) in [5, 5.41) is 2.38. The lowest BCUT2D eigenvalue weighted by Gasteiger charge is -2.16. The third kappa shape index (κ3) is 4.01. The molecule has 0 saturated heterocycles. The van der Waals surface area contributed by atoms with Crippen molar-refractivity contribution in [1.29, 1.82) is 0 Å². The number of anilines is 1. The number of nitrogens with zero attached hydrogens (tertiary/aromatic N) is 1. The molecule has 0 aliphatic carbocycles. The van der Waals surface area contributed by atoms with Crippen LogP contribution in [0.2, 0.25) is 10.0 Å². The third-order valence-corrected chi connectivity index (χ3v) is 6.32. The molecule has 2 aromatic carbocycles. The van der Waals surface area contributed by atoms with Gasteiger partial charge in [-0.2, -0.15) is 0 Å². The molecule has 2 aromatic rings. The lowest BCUT2D eigenvalue weighted by atomic mass is 10.1. The number of benzene rings is 2. The Morgan fingerprint density at radius 2 is 1.69 bits per heavy atom. The number of hydrogen-bond acceptors (Lipinski definition) is 3. The zero-order valence-electron chi connectivity index (χ0n) is 14.5. The van der Waals surface area contributed by atoms with Crippen LogP contribution in [0.15, 0.2) is 29.2 Å². The van der Waals surface area contributed by atoms with Gasteiger partial charge in [-0.3, -0.25) is 4.79 Å². The van der Waals surface area contributed by atoms with Crippen LogP contribution in [0.25, 0.3) is 0 Å². The van der Waals surface area contributed by atoms with Crippen LogP contribution in [0.1, 0.15) is 21.5 Å². The van der Waals surface area contributed by atoms with Gasteiger partial charge in [0.25, 0.3) is 5.91 Å². The van der Waals surface area contributed by atoms with Crippen molar-refractivity contribution in [3.8, 4) is 0 Å². The highest BCUT2D eigenvalue weighted by Crippen LogP contribution is 2.28. The van der Waals surface area contributed by atoms with Crippen molar-refractivity contribution in [2.75, 3.05) is 19.4 Å². The number of halogens is 3. The molecule has 5 nitrogen and oxygen atoms in total. The van der Waals surface area contributed by atoms with Crippen LogP contribution in [0.5, 0.6) is 0 Å². The number of aryl methyl sites for hydroxylation is 1. The minimum Gasteiger partial charge on any atom is -0.322 e. The summed E-state index contributed by atoms with van der Waals surface area (Å²) in [6.45, 7) is 3.47. The monoisotopic (exact) mass is 418 g/mol. The molecule has 9 heteroatoms. The molecule has 140 valence electrons. The molecular formula is C17H17Cl2FN2O3S. The predicted molar refractivity (Wildman–Crippen MR) is 101 cm³/mol. The van der Waals surface area contributed by atoms with E-state index in [0.29, 0.717) is 16.8 Å². The number of carbonyl (C=O) groups is 1. The molecule has 0 heterocycles. The lowest BCUT2D eigenvalue weighted by Crippen LogP contribution is -2.23. The van der Waals surface area contributed by atoms with E-state index in [9.17, 15) is 17.6 Å². The number of carbonyl (C=O) groups excluding carboxylic acids is 1. The molecule has 0 aromatic heterocycles. The van der Waals surface area contributed by atoms with Crippen LogP contribution in [-0.4, -0.2) is 32.7 Å². The Kier molecular flexibility index (Phi) is 5.97. The first kappa shape index (κ1) is 20.6. The van der Waals surface area contributed by atoms with Gasteiger partial charge in [-0.05, 0) is 49.2 Å². The Morgan fingerprint density at radius 1 is 1.08 bits per heavy atom. The highest BCUT2D eigenvalue weighted by atomic mass is 35.5. The first-order valence-corrected chi connectivity index (χ1v) is 9.64. The number of rotatable bonds is 4. The molecule has 1 amide bonds. The third-order valence-electron chi connectivity index (χ3n) is 3.92. The summed E-state index contributed by atoms with van der Waals surface area (Å²) in [6, 6.07) is 4.95. The van der Waals surface area contributed by atoms with Gasteiger partial charge in [0.05, 0.1) is 20.5 Å². The summed E-state index contributed by atoms with van der Waals surface area (Å²) in [5.74, 6) is -1.45. The maximum Gasteiger partial charge on any atom is 0.257 e. The summed E-state index contributed by atoms with van der Waals surface area (Å²) in [6.07, 6.45) is 0. The van der Waals surface area contributed by atoms with Gasteiger partial charge in [0.1, 0.15) is 5.82 Å². The van der Waals surface area contributed by atoms with Gasteiger partial charge in [-0.15, -0.1) is 0 Å². The summed E-state index contributed by atoms with van der Waals surface area (Å²) in [7, 11) is -0.850. The van der Waals surface area contributed by atoms with E-state index in [2.05, 4.69) is 5.32 Å². The number of amides is 1. The minimum atomic E-state index is -3.68. The number of sulfonamides is 1. The Balaban J connectivity index is 2.48. The topological polar surface area (TPSA) is 66.5 Å². The summed E-state index contributed by atoms with van der Waals surface area (Å²) < 4.78 is 39.5. The summed E-state index contributed by atoms with van der Waals surface area (Å²) in [5.41, 5.74) is 1.55. The molecule has 0 fully saturated rings. The molecule has 0 atom stereocenters. The number of hydrogen-bond donors (Lipinski definition) is 1. The van der Waals surface area contributed by atoms with Gasteiger partial charge in [-0.1, -0.05) is 23.2 Å². The largest absolute Gasteiger partial charge is 0.322 e. The standard InChI is InChI=1S/C17H17Cl2FN2O3S/c1-9-5-11(26(24,25)22(3)4)6-16(10(9)2)21-17(23)12-7-15(20)14(19)8-13(12)18/h5-8H,1-4H3,(H,21,23). The van der Waals surface area contributed by atoms with Crippen molar-refractivity contribution in [3.63, 3.8) is 0 Å². The fourth-order valence-electron chi connectivity index (χ4n) is 2.20. The van der Waals surface area contributed by atoms with E-state index in [1.807, 2.05) is 0 Å². The maximum atomic E-state index is 13.7. The van der Waals surface area contributed by atoms with Gasteiger partial charge in [-0.25, -0.2) is 17.1 Å². The molecule has 0 bridgehead atoms. The zero-order valence-corrected chi connectivity index (χ0v) is 16.9. The molecule has 0 aliphatic rings. The molecule has 0 saturated carbocycles. The Labute approximate surface area is 161 Å². The zero-order chi connectivity index (χ0) is 19.8. The smallest absolute Gasteiger partial charge is 0.257 e. The highest BCUT2D eigenvalue weighted by molar-refractivity contribution is 7.89. The van der Waals surface area contributed by atoms with Crippen LogP contribution < -0.4 is 5.32 Å². The molecule has 2 rings (SSSR count). The lowest BCUT2D eigenvalue weighted by molar-refractivity contribution is 0.102. The Morgan fingerprint density at radius 3 is 2.27 bits per heavy atom. The van der Waals surface area contributed by atoms with Crippen LogP contribution in [0.3, 0.4) is 0 Å². The van der Waals surface area contributed by atoms with Crippen molar-refractivity contribution < 1.29 is 17.6 Å². The number of nitrogens with one attached hydrogen (secondary N) is 1. The van der Waals surface area contributed by atoms with Crippen molar-refractivity contribution in [3.05, 3.63) is 56.8 Å². The van der Waals surface area contributed by atoms with Crippen LogP contribution in [-0.2, 0) is 10.0 Å². The normalized spacial score (nSPS) is 11.7. The highest BCUT2D eigenvalue weighted by Gasteiger charge is 2.21. The van der Waals surface area contributed by atoms with E-state index in [-0.39, 0.29) is 20.5 Å². The molecule has 26 heavy (non-hydrogen) atoms. The van der Waals surface area contributed by atoms with Gasteiger partial charge in [0.2, 0.25) is 10.0 Å². The quantitative estimate of drug-likeness (QED) is 0.754. The molecule has 0 radical (unpaired) electrons. The van der Waals surface area contributed by atoms with Gasteiger partial charge in [0, 0.05) is 19.8 Å². The Hall–Kier alpha value is -1.67. The van der Waals surface area contributed by atoms with Crippen molar-refractivity contribution in [1.82, 2.24) is 4.31 Å². The second kappa shape index (κ2) is 7.52. The van der Waals surface area contributed by atoms with Crippen LogP contribution in [0, 0.1) is 19.7 Å². The first-order valence-electron chi connectivity index (χ1n) is 7.44. The molecular weight excluding hydrogens is 402 g/mol. The van der Waals surface area contributed by atoms with Crippen molar-refractivity contribution in [2.24, 2.45) is 0 Å². The molecule has 0 aliphatic heterocycles. The molecule has 1 N–H and O–H groups in total. The average molecular weight is 419 g/mol. The van der Waals surface area contributed by atoms with E-state index in [1.165, 1.54) is 26.2 Å². The van der Waals surface area contributed by atoms with E-state index in [4.69, 9.17) is 23.2 Å². The van der Waals surface area contributed by atoms with Crippen molar-refractivity contribution in [2.45, 2.75) is 18.7 Å². The SMILES string of the molecule is Cc1cc(S(=O)(=O)N(C)C)cc(NC(=O)c2cc(F)c(Cl)cc2Cl)c1C. The molecule has 0 unspecified atom stereocenters. The van der Waals surface area contributed by atoms with Crippen molar-refractivity contribution >= 4 is 44.8 Å². The summed E-state index contributed by atoms with van der Waals surface area (Å²) >= 11 is 11.6. The first-order chi connectivity index (χ1) is 11.9. The van der Waals surface area contributed by atoms with E-state index >= 15 is 0 Å². The second-order valence-corrected chi connectivity index (χ2v) is 8.87. The van der Waals surface area contributed by atoms with E-state index in [1.54, 1.807) is 13.8 Å². The fourth-order valence-corrected chi connectivity index (χ4v) is 3.69. The van der Waals surface area contributed by atoms with E-state index < -0.39 is 21.7 Å². The van der Waals surface area contributed by atoms with Crippen LogP contribution >= 0.6 is 23.2 Å². The average Bonchev–Trinajstić information content (AvgIpc) is 2.54.